The Kier molecular flexibility index (Phi) is 11.0. The molecule has 13 heteroatoms. The third-order valence-electron chi connectivity index (χ3n) is 16.8. The van der Waals surface area contributed by atoms with Crippen LogP contribution >= 0.6 is 0 Å². The SMILES string of the molecule is CC1OC(OC2CCC3(C)C(CCC4(C)C3C=CC3=C5CC(C)(C)CCC5(CO)C(O)CC34C)C2(C)CO)C(O)C(O)C1OC1OC(CO)C(O)C(O)C1O. The molecule has 0 aromatic heterocycles. The zero-order valence-electron chi connectivity index (χ0n) is 33.7. The van der Waals surface area contributed by atoms with Crippen molar-refractivity contribution >= 4 is 0 Å². The maximum Gasteiger partial charge on any atom is 0.187 e. The second-order valence-corrected chi connectivity index (χ2v) is 20.3. The minimum Gasteiger partial charge on any atom is -0.396 e. The molecule has 2 saturated heterocycles. The predicted molar refractivity (Wildman–Crippen MR) is 199 cm³/mol. The highest BCUT2D eigenvalue weighted by atomic mass is 16.7. The molecule has 0 aromatic rings. The summed E-state index contributed by atoms with van der Waals surface area (Å²) in [5.41, 5.74) is 0.541. The molecule has 7 aliphatic rings. The van der Waals surface area contributed by atoms with Crippen molar-refractivity contribution in [1.82, 2.24) is 0 Å². The Balaban J connectivity index is 1.12. The van der Waals surface area contributed by atoms with E-state index in [2.05, 4.69) is 46.8 Å². The molecular weight excluding hydrogens is 712 g/mol. The Hall–Kier alpha value is -1.04. The average Bonchev–Trinajstić information content (AvgIpc) is 3.13. The highest BCUT2D eigenvalue weighted by molar-refractivity contribution is 5.47. The fourth-order valence-corrected chi connectivity index (χ4v) is 13.1. The number of aliphatic hydroxyl groups excluding tert-OH is 9. The standard InChI is InChI=1S/C42H68O13/c1-21-34(55-36-32(50)30(48)29(47)24(18-43)53-36)31(49)33(51)35(52-21)54-28-11-12-38(4)25(39(28,5)19-44)10-13-40(6)26(38)9-8-22-23-16-37(2,3)14-15-42(23,20-45)27(46)17-41(22,40)7/h8-9,21,24-36,43-51H,10-20H2,1-7H3. The molecule has 2 aliphatic heterocycles. The number of hydrogen-bond donors (Lipinski definition) is 9. The summed E-state index contributed by atoms with van der Waals surface area (Å²) in [6.45, 7) is 14.5. The number of fused-ring (bicyclic) bond motifs is 6. The van der Waals surface area contributed by atoms with Crippen molar-refractivity contribution in [2.45, 2.75) is 173 Å². The second-order valence-electron chi connectivity index (χ2n) is 20.3. The number of rotatable bonds is 7. The molecule has 0 spiro atoms. The van der Waals surface area contributed by atoms with Gasteiger partial charge in [-0.15, -0.1) is 0 Å². The largest absolute Gasteiger partial charge is 0.396 e. The highest BCUT2D eigenvalue weighted by Gasteiger charge is 2.69. The van der Waals surface area contributed by atoms with E-state index < -0.39 is 91.1 Å². The fourth-order valence-electron chi connectivity index (χ4n) is 13.1. The van der Waals surface area contributed by atoms with Crippen LogP contribution in [-0.4, -0.2) is 139 Å². The van der Waals surface area contributed by atoms with E-state index in [1.165, 1.54) is 11.1 Å². The van der Waals surface area contributed by atoms with Gasteiger partial charge in [0, 0.05) is 16.2 Å². The normalized spacial score (nSPS) is 54.9. The summed E-state index contributed by atoms with van der Waals surface area (Å²) in [6, 6.07) is 0. The zero-order chi connectivity index (χ0) is 40.3. The van der Waals surface area contributed by atoms with E-state index in [1.807, 2.05) is 6.92 Å². The van der Waals surface area contributed by atoms with Crippen LogP contribution in [0.1, 0.15) is 99.8 Å². The molecule has 0 bridgehead atoms. The van der Waals surface area contributed by atoms with Gasteiger partial charge in [-0.3, -0.25) is 0 Å². The van der Waals surface area contributed by atoms with E-state index in [9.17, 15) is 46.0 Å². The van der Waals surface area contributed by atoms with Crippen LogP contribution in [0.2, 0.25) is 0 Å². The molecule has 0 aromatic carbocycles. The third-order valence-corrected chi connectivity index (χ3v) is 16.8. The van der Waals surface area contributed by atoms with Crippen molar-refractivity contribution in [3.8, 4) is 0 Å². The van der Waals surface area contributed by atoms with Gasteiger partial charge in [-0.2, -0.15) is 0 Å². The van der Waals surface area contributed by atoms with Gasteiger partial charge in [0.15, 0.2) is 12.6 Å². The first-order chi connectivity index (χ1) is 25.7. The lowest BCUT2D eigenvalue weighted by Crippen LogP contribution is -2.67. The van der Waals surface area contributed by atoms with Crippen LogP contribution in [0.15, 0.2) is 23.3 Å². The van der Waals surface area contributed by atoms with Crippen LogP contribution in [0.4, 0.5) is 0 Å². The molecule has 0 radical (unpaired) electrons. The lowest BCUT2D eigenvalue weighted by Gasteiger charge is -2.70. The molecule has 314 valence electrons. The van der Waals surface area contributed by atoms with Gasteiger partial charge in [0.1, 0.15) is 42.7 Å². The summed E-state index contributed by atoms with van der Waals surface area (Å²) in [6.07, 6.45) is -4.35. The second kappa shape index (κ2) is 14.3. The Morgan fingerprint density at radius 2 is 1.42 bits per heavy atom. The van der Waals surface area contributed by atoms with Crippen LogP contribution in [0.3, 0.4) is 0 Å². The van der Waals surface area contributed by atoms with Gasteiger partial charge < -0.3 is 64.9 Å². The fraction of sp³-hybridized carbons (Fsp3) is 0.905. The van der Waals surface area contributed by atoms with Gasteiger partial charge in [-0.25, -0.2) is 0 Å². The summed E-state index contributed by atoms with van der Waals surface area (Å²) in [5.74, 6) is 0.178. The van der Waals surface area contributed by atoms with Crippen LogP contribution in [-0.2, 0) is 18.9 Å². The quantitative estimate of drug-likeness (QED) is 0.168. The monoisotopic (exact) mass is 780 g/mol. The van der Waals surface area contributed by atoms with Gasteiger partial charge in [0.05, 0.1) is 38.1 Å². The highest BCUT2D eigenvalue weighted by Crippen LogP contribution is 2.74. The smallest absolute Gasteiger partial charge is 0.187 e. The van der Waals surface area contributed by atoms with Crippen molar-refractivity contribution < 1.29 is 64.9 Å². The molecule has 3 saturated carbocycles. The molecule has 0 amide bonds. The summed E-state index contributed by atoms with van der Waals surface area (Å²) in [5, 5.41) is 97.2. The van der Waals surface area contributed by atoms with Crippen molar-refractivity contribution in [3.63, 3.8) is 0 Å². The summed E-state index contributed by atoms with van der Waals surface area (Å²) >= 11 is 0. The van der Waals surface area contributed by atoms with Crippen molar-refractivity contribution in [1.29, 1.82) is 0 Å². The summed E-state index contributed by atoms with van der Waals surface area (Å²) in [7, 11) is 0. The molecule has 13 nitrogen and oxygen atoms in total. The van der Waals surface area contributed by atoms with E-state index in [4.69, 9.17) is 18.9 Å². The summed E-state index contributed by atoms with van der Waals surface area (Å²) in [4.78, 5) is 0. The predicted octanol–water partition coefficient (Wildman–Crippen LogP) is 1.68. The minimum atomic E-state index is -1.69. The maximum absolute atomic E-state index is 12.0. The van der Waals surface area contributed by atoms with Gasteiger partial charge in [0.2, 0.25) is 0 Å². The topological polar surface area (TPSA) is 219 Å². The first kappa shape index (κ1) is 42.1. The molecule has 55 heavy (non-hydrogen) atoms. The minimum absolute atomic E-state index is 0.0355. The molecule has 7 rings (SSSR count). The number of hydrogen-bond acceptors (Lipinski definition) is 13. The van der Waals surface area contributed by atoms with E-state index in [1.54, 1.807) is 6.92 Å². The molecular formula is C42H68O13. The van der Waals surface area contributed by atoms with E-state index >= 15 is 0 Å². The van der Waals surface area contributed by atoms with Crippen LogP contribution < -0.4 is 0 Å². The number of aliphatic hydroxyl groups is 9. The lowest BCUT2D eigenvalue weighted by molar-refractivity contribution is -0.365. The zero-order valence-corrected chi connectivity index (χ0v) is 33.7. The molecule has 5 aliphatic carbocycles. The van der Waals surface area contributed by atoms with Crippen LogP contribution in [0, 0.1) is 44.3 Å². The van der Waals surface area contributed by atoms with Gasteiger partial charge in [-0.05, 0) is 91.9 Å². The molecule has 5 fully saturated rings. The van der Waals surface area contributed by atoms with E-state index in [0.29, 0.717) is 12.8 Å². The molecule has 9 N–H and O–H groups in total. The van der Waals surface area contributed by atoms with Crippen LogP contribution in [0.25, 0.3) is 0 Å². The summed E-state index contributed by atoms with van der Waals surface area (Å²) < 4.78 is 24.0. The number of allylic oxidation sites excluding steroid dienone is 3. The van der Waals surface area contributed by atoms with Gasteiger partial charge in [-0.1, -0.05) is 59.3 Å². The van der Waals surface area contributed by atoms with Crippen LogP contribution in [0.5, 0.6) is 0 Å². The van der Waals surface area contributed by atoms with Gasteiger partial charge >= 0.3 is 0 Å². The van der Waals surface area contributed by atoms with Gasteiger partial charge in [0.25, 0.3) is 0 Å². The Morgan fingerprint density at radius 3 is 2.07 bits per heavy atom. The third kappa shape index (κ3) is 6.12. The first-order valence-electron chi connectivity index (χ1n) is 20.6. The van der Waals surface area contributed by atoms with E-state index in [0.717, 1.165) is 38.5 Å². The lowest BCUT2D eigenvalue weighted by atomic mass is 9.35. The molecule has 19 atom stereocenters. The first-order valence-corrected chi connectivity index (χ1v) is 20.6. The van der Waals surface area contributed by atoms with Crippen molar-refractivity contribution in [3.05, 3.63) is 23.3 Å². The van der Waals surface area contributed by atoms with Crippen molar-refractivity contribution in [2.75, 3.05) is 19.8 Å². The Labute approximate surface area is 325 Å². The number of ether oxygens (including phenoxy) is 4. The Morgan fingerprint density at radius 1 is 0.745 bits per heavy atom. The van der Waals surface area contributed by atoms with Crippen molar-refractivity contribution in [2.24, 2.45) is 44.3 Å². The average molecular weight is 781 g/mol. The maximum atomic E-state index is 12.0. The molecule has 2 heterocycles. The van der Waals surface area contributed by atoms with E-state index in [-0.39, 0.29) is 46.7 Å². The molecule has 19 unspecified atom stereocenters. The Bertz CT molecular complexity index is 1500.